The second-order valence-corrected chi connectivity index (χ2v) is 8.54. The number of para-hydroxylation sites is 1. The number of carbonyl (C=O) groups is 1. The van der Waals surface area contributed by atoms with E-state index >= 15 is 0 Å². The smallest absolute Gasteiger partial charge is 0.275 e. The molecule has 9 heteroatoms. The maximum absolute atomic E-state index is 12.5. The van der Waals surface area contributed by atoms with Gasteiger partial charge in [0, 0.05) is 16.6 Å². The van der Waals surface area contributed by atoms with Crippen LogP contribution in [0.25, 0.3) is 28.0 Å². The first-order valence-corrected chi connectivity index (χ1v) is 11.5. The summed E-state index contributed by atoms with van der Waals surface area (Å²) in [4.78, 5) is 15.3. The standard InChI is InChI=1S/C25H20N6O2S/c1-16-11-13-18(14-12-16)31-23(17-7-3-2-4-8-17)29-30-25(31)34-15-21(32)27-28-22-19-9-5-6-10-20(19)26-24(22)33/h2-14,26,33H,15H2,1H3. The number of nitrogens with zero attached hydrogens (tertiary/aromatic N) is 5. The molecule has 0 saturated heterocycles. The van der Waals surface area contributed by atoms with Crippen LogP contribution in [0.5, 0.6) is 5.88 Å². The van der Waals surface area contributed by atoms with Gasteiger partial charge in [0.2, 0.25) is 5.88 Å². The number of nitrogens with one attached hydrogen (secondary N) is 1. The lowest BCUT2D eigenvalue weighted by Crippen LogP contribution is -2.02. The Morgan fingerprint density at radius 2 is 1.74 bits per heavy atom. The number of rotatable bonds is 6. The zero-order valence-corrected chi connectivity index (χ0v) is 19.0. The number of benzene rings is 3. The highest BCUT2D eigenvalue weighted by Gasteiger charge is 2.17. The molecule has 0 aliphatic carbocycles. The van der Waals surface area contributed by atoms with E-state index in [1.54, 1.807) is 6.07 Å². The minimum Gasteiger partial charge on any atom is -0.493 e. The molecule has 0 bridgehead atoms. The molecule has 2 aromatic heterocycles. The summed E-state index contributed by atoms with van der Waals surface area (Å²) >= 11 is 1.23. The molecule has 5 aromatic rings. The Labute approximate surface area is 199 Å². The predicted octanol–water partition coefficient (Wildman–Crippen LogP) is 5.83. The maximum Gasteiger partial charge on any atom is 0.275 e. The third-order valence-electron chi connectivity index (χ3n) is 5.20. The van der Waals surface area contributed by atoms with Crippen molar-refractivity contribution in [1.29, 1.82) is 0 Å². The van der Waals surface area contributed by atoms with Gasteiger partial charge in [0.1, 0.15) is 0 Å². The monoisotopic (exact) mass is 468 g/mol. The van der Waals surface area contributed by atoms with E-state index in [1.807, 2.05) is 84.3 Å². The van der Waals surface area contributed by atoms with Gasteiger partial charge in [-0.1, -0.05) is 78.0 Å². The summed E-state index contributed by atoms with van der Waals surface area (Å²) in [5, 5.41) is 27.9. The van der Waals surface area contributed by atoms with E-state index < -0.39 is 5.91 Å². The van der Waals surface area contributed by atoms with E-state index in [1.165, 1.54) is 11.8 Å². The number of amides is 1. The molecule has 0 aliphatic heterocycles. The van der Waals surface area contributed by atoms with Crippen LogP contribution in [0, 0.1) is 6.92 Å². The number of aromatic amines is 1. The first kappa shape index (κ1) is 21.6. The first-order valence-electron chi connectivity index (χ1n) is 10.5. The van der Waals surface area contributed by atoms with Crippen molar-refractivity contribution in [2.75, 3.05) is 5.75 Å². The summed E-state index contributed by atoms with van der Waals surface area (Å²) in [6.07, 6.45) is 0. The zero-order chi connectivity index (χ0) is 23.5. The van der Waals surface area contributed by atoms with Crippen LogP contribution in [0.2, 0.25) is 0 Å². The molecule has 0 unspecified atom stereocenters. The van der Waals surface area contributed by atoms with Crippen molar-refractivity contribution in [2.24, 2.45) is 10.2 Å². The van der Waals surface area contributed by atoms with Gasteiger partial charge < -0.3 is 10.1 Å². The van der Waals surface area contributed by atoms with Crippen LogP contribution in [0.1, 0.15) is 5.56 Å². The molecule has 0 radical (unpaired) electrons. The number of aromatic nitrogens is 4. The second kappa shape index (κ2) is 9.32. The average Bonchev–Trinajstić information content (AvgIpc) is 3.42. The van der Waals surface area contributed by atoms with Crippen molar-refractivity contribution < 1.29 is 9.90 Å². The van der Waals surface area contributed by atoms with Gasteiger partial charge in [0.25, 0.3) is 5.91 Å². The van der Waals surface area contributed by atoms with Gasteiger partial charge in [-0.2, -0.15) is 0 Å². The molecular formula is C25H20N6O2S. The fraction of sp³-hybridized carbons (Fsp3) is 0.0800. The van der Waals surface area contributed by atoms with Crippen molar-refractivity contribution >= 4 is 34.3 Å². The summed E-state index contributed by atoms with van der Waals surface area (Å²) in [5.41, 5.74) is 3.92. The quantitative estimate of drug-likeness (QED) is 0.241. The van der Waals surface area contributed by atoms with Crippen LogP contribution in [0.4, 0.5) is 5.69 Å². The minimum atomic E-state index is -0.450. The minimum absolute atomic E-state index is 0.0192. The molecular weight excluding hydrogens is 448 g/mol. The lowest BCUT2D eigenvalue weighted by atomic mass is 10.2. The average molecular weight is 469 g/mol. The van der Waals surface area contributed by atoms with E-state index in [-0.39, 0.29) is 17.3 Å². The Morgan fingerprint density at radius 3 is 2.53 bits per heavy atom. The molecule has 168 valence electrons. The van der Waals surface area contributed by atoms with Crippen LogP contribution in [-0.4, -0.2) is 36.5 Å². The molecule has 34 heavy (non-hydrogen) atoms. The third-order valence-corrected chi connectivity index (χ3v) is 6.12. The molecule has 2 N–H and O–H groups in total. The van der Waals surface area contributed by atoms with E-state index in [2.05, 4.69) is 25.4 Å². The number of hydrogen-bond acceptors (Lipinski definition) is 6. The zero-order valence-electron chi connectivity index (χ0n) is 18.2. The van der Waals surface area contributed by atoms with E-state index in [0.29, 0.717) is 16.4 Å². The van der Waals surface area contributed by atoms with E-state index in [0.717, 1.165) is 22.3 Å². The summed E-state index contributed by atoms with van der Waals surface area (Å²) in [6, 6.07) is 25.1. The summed E-state index contributed by atoms with van der Waals surface area (Å²) in [6.45, 7) is 2.03. The molecule has 0 spiro atoms. The van der Waals surface area contributed by atoms with Gasteiger partial charge in [0.15, 0.2) is 16.7 Å². The van der Waals surface area contributed by atoms with Gasteiger partial charge >= 0.3 is 0 Å². The van der Waals surface area contributed by atoms with Crippen LogP contribution in [-0.2, 0) is 4.79 Å². The van der Waals surface area contributed by atoms with Crippen LogP contribution in [0.3, 0.4) is 0 Å². The van der Waals surface area contributed by atoms with Gasteiger partial charge in [-0.15, -0.1) is 20.4 Å². The number of aromatic hydroxyl groups is 1. The molecule has 2 heterocycles. The summed E-state index contributed by atoms with van der Waals surface area (Å²) < 4.78 is 1.93. The fourth-order valence-corrected chi connectivity index (χ4v) is 4.27. The van der Waals surface area contributed by atoms with Gasteiger partial charge in [-0.25, -0.2) is 0 Å². The molecule has 0 aliphatic rings. The van der Waals surface area contributed by atoms with Crippen LogP contribution < -0.4 is 0 Å². The number of azo groups is 1. The third kappa shape index (κ3) is 4.33. The number of carbonyl (C=O) groups excluding carboxylic acids is 1. The van der Waals surface area contributed by atoms with Gasteiger partial charge in [0.05, 0.1) is 11.3 Å². The Kier molecular flexibility index (Phi) is 5.92. The highest BCUT2D eigenvalue weighted by atomic mass is 32.2. The Morgan fingerprint density at radius 1 is 1.00 bits per heavy atom. The number of hydrogen-bond donors (Lipinski definition) is 2. The molecule has 3 aromatic carbocycles. The molecule has 0 saturated carbocycles. The van der Waals surface area contributed by atoms with Crippen LogP contribution >= 0.6 is 11.8 Å². The number of H-pyrrole nitrogens is 1. The Hall–Kier alpha value is -4.24. The van der Waals surface area contributed by atoms with Gasteiger partial charge in [-0.05, 0) is 25.1 Å². The molecule has 0 fully saturated rings. The molecule has 0 atom stereocenters. The fourth-order valence-electron chi connectivity index (χ4n) is 3.54. The predicted molar refractivity (Wildman–Crippen MR) is 132 cm³/mol. The van der Waals surface area contributed by atoms with Crippen LogP contribution in [0.15, 0.2) is 94.2 Å². The van der Waals surface area contributed by atoms with Gasteiger partial charge in [-0.3, -0.25) is 9.36 Å². The van der Waals surface area contributed by atoms with E-state index in [9.17, 15) is 9.90 Å². The van der Waals surface area contributed by atoms with Crippen molar-refractivity contribution in [3.63, 3.8) is 0 Å². The van der Waals surface area contributed by atoms with Crippen molar-refractivity contribution in [2.45, 2.75) is 12.1 Å². The largest absolute Gasteiger partial charge is 0.493 e. The van der Waals surface area contributed by atoms with Crippen molar-refractivity contribution in [1.82, 2.24) is 19.7 Å². The topological polar surface area (TPSA) is 109 Å². The highest BCUT2D eigenvalue weighted by Crippen LogP contribution is 2.35. The summed E-state index contributed by atoms with van der Waals surface area (Å²) in [7, 11) is 0. The molecule has 1 amide bonds. The lowest BCUT2D eigenvalue weighted by molar-refractivity contribution is -0.115. The van der Waals surface area contributed by atoms with Crippen molar-refractivity contribution in [3.05, 3.63) is 84.4 Å². The maximum atomic E-state index is 12.5. The van der Waals surface area contributed by atoms with Crippen molar-refractivity contribution in [3.8, 4) is 23.0 Å². The number of aryl methyl sites for hydroxylation is 1. The highest BCUT2D eigenvalue weighted by molar-refractivity contribution is 7.99. The second-order valence-electron chi connectivity index (χ2n) is 7.59. The molecule has 5 rings (SSSR count). The van der Waals surface area contributed by atoms with E-state index in [4.69, 9.17) is 0 Å². The normalized spacial score (nSPS) is 11.4. The SMILES string of the molecule is Cc1ccc(-n2c(SCC(=O)N=Nc3c(O)[nH]c4ccccc34)nnc2-c2ccccc2)cc1. The molecule has 8 nitrogen and oxygen atoms in total. The lowest BCUT2D eigenvalue weighted by Gasteiger charge is -2.10. The Balaban J connectivity index is 1.39. The number of thioether (sulfide) groups is 1. The number of fused-ring (bicyclic) bond motifs is 1. The summed E-state index contributed by atoms with van der Waals surface area (Å²) in [5.74, 6) is 0.127. The Bertz CT molecular complexity index is 1490. The first-order chi connectivity index (χ1) is 16.6.